The van der Waals surface area contributed by atoms with E-state index in [4.69, 9.17) is 14.2 Å². The molecule has 0 unspecified atom stereocenters. The maximum absolute atomic E-state index is 13.0. The summed E-state index contributed by atoms with van der Waals surface area (Å²) in [6.07, 6.45) is 0.248. The van der Waals surface area contributed by atoms with Crippen LogP contribution in [0.4, 0.5) is 0 Å². The summed E-state index contributed by atoms with van der Waals surface area (Å²) in [6.45, 7) is 8.53. The molecular weight excluding hydrogens is 438 g/mol. The van der Waals surface area contributed by atoms with Crippen molar-refractivity contribution in [2.75, 3.05) is 14.2 Å². The number of benzene rings is 3. The van der Waals surface area contributed by atoms with Gasteiger partial charge in [-0.15, -0.1) is 0 Å². The number of methoxy groups -OCH3 is 2. The Morgan fingerprint density at radius 1 is 0.800 bits per heavy atom. The number of ether oxygens (including phenoxy) is 3. The van der Waals surface area contributed by atoms with E-state index in [1.165, 1.54) is 0 Å². The van der Waals surface area contributed by atoms with E-state index in [2.05, 4.69) is 48.2 Å². The number of esters is 1. The van der Waals surface area contributed by atoms with Crippen LogP contribution in [0.2, 0.25) is 0 Å². The Morgan fingerprint density at radius 3 is 1.86 bits per heavy atom. The van der Waals surface area contributed by atoms with Crippen molar-refractivity contribution in [2.24, 2.45) is 0 Å². The van der Waals surface area contributed by atoms with Gasteiger partial charge < -0.3 is 14.2 Å². The van der Waals surface area contributed by atoms with E-state index in [9.17, 15) is 4.79 Å². The largest absolute Gasteiger partial charge is 0.497 e. The first-order chi connectivity index (χ1) is 16.7. The molecule has 3 rings (SSSR count). The highest BCUT2D eigenvalue weighted by Crippen LogP contribution is 2.36. The summed E-state index contributed by atoms with van der Waals surface area (Å²) < 4.78 is 16.4. The van der Waals surface area contributed by atoms with Crippen molar-refractivity contribution in [3.63, 3.8) is 0 Å². The minimum atomic E-state index is -0.541. The fourth-order valence-corrected chi connectivity index (χ4v) is 4.18. The second-order valence-corrected chi connectivity index (χ2v) is 9.69. The minimum absolute atomic E-state index is 0.0238. The third kappa shape index (κ3) is 7.59. The lowest BCUT2D eigenvalue weighted by Gasteiger charge is -2.37. The maximum Gasteiger partial charge on any atom is 0.308 e. The number of carbonyl (C=O) groups excluding carboxylic acids is 1. The average molecular weight is 476 g/mol. The summed E-state index contributed by atoms with van der Waals surface area (Å²) in [5.74, 6) is 1.42. The van der Waals surface area contributed by atoms with Crippen LogP contribution in [-0.4, -0.2) is 30.7 Å². The predicted molar refractivity (Wildman–Crippen MR) is 140 cm³/mol. The van der Waals surface area contributed by atoms with Gasteiger partial charge in [0.25, 0.3) is 0 Å². The van der Waals surface area contributed by atoms with Gasteiger partial charge in [0.05, 0.1) is 20.6 Å². The van der Waals surface area contributed by atoms with Gasteiger partial charge in [-0.2, -0.15) is 0 Å². The Bertz CT molecular complexity index is 1060. The van der Waals surface area contributed by atoms with Crippen molar-refractivity contribution in [1.29, 1.82) is 0 Å². The number of hydrogen-bond acceptors (Lipinski definition) is 5. The van der Waals surface area contributed by atoms with E-state index in [0.717, 1.165) is 28.2 Å². The summed E-state index contributed by atoms with van der Waals surface area (Å²) >= 11 is 0. The first kappa shape index (κ1) is 26.3. The highest BCUT2D eigenvalue weighted by atomic mass is 16.6. The molecule has 35 heavy (non-hydrogen) atoms. The first-order valence-corrected chi connectivity index (χ1v) is 12.0. The molecule has 3 aromatic rings. The van der Waals surface area contributed by atoms with Crippen LogP contribution in [0.5, 0.6) is 11.5 Å². The first-order valence-electron chi connectivity index (χ1n) is 12.0. The topological polar surface area (TPSA) is 48.0 Å². The third-order valence-corrected chi connectivity index (χ3v) is 5.98. The molecule has 5 nitrogen and oxygen atoms in total. The van der Waals surface area contributed by atoms with E-state index in [-0.39, 0.29) is 24.5 Å². The van der Waals surface area contributed by atoms with Crippen molar-refractivity contribution >= 4 is 5.97 Å². The van der Waals surface area contributed by atoms with Crippen molar-refractivity contribution in [1.82, 2.24) is 4.90 Å². The summed E-state index contributed by atoms with van der Waals surface area (Å²) in [6, 6.07) is 26.2. The molecule has 0 aliphatic rings. The molecule has 0 saturated carbocycles. The van der Waals surface area contributed by atoms with Gasteiger partial charge in [-0.3, -0.25) is 9.69 Å². The summed E-state index contributed by atoms with van der Waals surface area (Å²) in [7, 11) is 3.33. The molecule has 0 spiro atoms. The van der Waals surface area contributed by atoms with Crippen molar-refractivity contribution < 1.29 is 19.0 Å². The van der Waals surface area contributed by atoms with E-state index < -0.39 is 5.60 Å². The Kier molecular flexibility index (Phi) is 8.94. The zero-order chi connectivity index (χ0) is 25.4. The monoisotopic (exact) mass is 475 g/mol. The standard InChI is InChI=1S/C30H37NO4/c1-22(24-14-18-27(34-6)19-15-24)31(21-23-12-16-26(33-5)17-13-23)28(25-10-8-7-9-11-25)20-29(32)35-30(2,3)4/h7-19,22,28H,20-21H2,1-6H3/t22-,28+/m1/s1. The van der Waals surface area contributed by atoms with Gasteiger partial charge in [-0.25, -0.2) is 0 Å². The van der Waals surface area contributed by atoms with Gasteiger partial charge in [0.1, 0.15) is 17.1 Å². The molecule has 0 aromatic heterocycles. The highest BCUT2D eigenvalue weighted by Gasteiger charge is 2.30. The van der Waals surface area contributed by atoms with E-state index in [0.29, 0.717) is 6.54 Å². The number of hydrogen-bond donors (Lipinski definition) is 0. The number of carbonyl (C=O) groups is 1. The van der Waals surface area contributed by atoms with E-state index in [1.54, 1.807) is 14.2 Å². The predicted octanol–water partition coefficient (Wildman–Crippen LogP) is 6.74. The quantitative estimate of drug-likeness (QED) is 0.304. The molecule has 3 aromatic carbocycles. The van der Waals surface area contributed by atoms with Gasteiger partial charge in [-0.05, 0) is 68.7 Å². The van der Waals surface area contributed by atoms with Crippen LogP contribution in [0, 0.1) is 0 Å². The van der Waals surface area contributed by atoms with E-state index in [1.807, 2.05) is 63.2 Å². The van der Waals surface area contributed by atoms with Crippen LogP contribution in [0.15, 0.2) is 78.9 Å². The molecule has 0 aliphatic carbocycles. The smallest absolute Gasteiger partial charge is 0.308 e. The van der Waals surface area contributed by atoms with Crippen LogP contribution >= 0.6 is 0 Å². The zero-order valence-electron chi connectivity index (χ0n) is 21.7. The van der Waals surface area contributed by atoms with Crippen molar-refractivity contribution in [3.8, 4) is 11.5 Å². The summed E-state index contributed by atoms with van der Waals surface area (Å²) in [4.78, 5) is 15.4. The number of nitrogens with zero attached hydrogens (tertiary/aromatic N) is 1. The van der Waals surface area contributed by atoms with Gasteiger partial charge in [0, 0.05) is 18.6 Å². The SMILES string of the molecule is COc1ccc(CN([C@H](C)c2ccc(OC)cc2)[C@@H](CC(=O)OC(C)(C)C)c2ccccc2)cc1. The molecule has 186 valence electrons. The maximum atomic E-state index is 13.0. The normalized spacial score (nSPS) is 13.2. The Hall–Kier alpha value is -3.31. The second kappa shape index (κ2) is 11.9. The zero-order valence-corrected chi connectivity index (χ0v) is 21.7. The van der Waals surface area contributed by atoms with Crippen molar-refractivity contribution in [3.05, 3.63) is 95.6 Å². The molecule has 5 heteroatoms. The van der Waals surface area contributed by atoms with Crippen LogP contribution in [-0.2, 0) is 16.1 Å². The highest BCUT2D eigenvalue weighted by molar-refractivity contribution is 5.71. The molecule has 2 atom stereocenters. The van der Waals surface area contributed by atoms with Crippen LogP contribution in [0.25, 0.3) is 0 Å². The molecule has 0 amide bonds. The van der Waals surface area contributed by atoms with Gasteiger partial charge >= 0.3 is 5.97 Å². The van der Waals surface area contributed by atoms with Gasteiger partial charge in [0.15, 0.2) is 0 Å². The fourth-order valence-electron chi connectivity index (χ4n) is 4.18. The molecule has 0 heterocycles. The number of rotatable bonds is 10. The van der Waals surface area contributed by atoms with Crippen LogP contribution in [0.1, 0.15) is 62.9 Å². The minimum Gasteiger partial charge on any atom is -0.497 e. The van der Waals surface area contributed by atoms with Crippen LogP contribution < -0.4 is 9.47 Å². The molecule has 0 bridgehead atoms. The second-order valence-electron chi connectivity index (χ2n) is 9.69. The molecule has 0 fully saturated rings. The Labute approximate surface area is 209 Å². The van der Waals surface area contributed by atoms with Crippen LogP contribution in [0.3, 0.4) is 0 Å². The van der Waals surface area contributed by atoms with Gasteiger partial charge in [-0.1, -0.05) is 54.6 Å². The van der Waals surface area contributed by atoms with Crippen molar-refractivity contribution in [2.45, 2.75) is 58.3 Å². The third-order valence-electron chi connectivity index (χ3n) is 5.98. The van der Waals surface area contributed by atoms with E-state index >= 15 is 0 Å². The fraction of sp³-hybridized carbons (Fsp3) is 0.367. The molecule has 0 saturated heterocycles. The molecular formula is C30H37NO4. The molecule has 0 radical (unpaired) electrons. The lowest BCUT2D eigenvalue weighted by molar-refractivity contribution is -0.156. The summed E-state index contributed by atoms with van der Waals surface area (Å²) in [5, 5.41) is 0. The lowest BCUT2D eigenvalue weighted by atomic mass is 9.96. The molecule has 0 N–H and O–H groups in total. The lowest BCUT2D eigenvalue weighted by Crippen LogP contribution is -2.34. The van der Waals surface area contributed by atoms with Gasteiger partial charge in [0.2, 0.25) is 0 Å². The molecule has 0 aliphatic heterocycles. The summed E-state index contributed by atoms with van der Waals surface area (Å²) in [5.41, 5.74) is 2.81. The average Bonchev–Trinajstić information content (AvgIpc) is 2.85. The Balaban J connectivity index is 2.01. The Morgan fingerprint density at radius 2 is 1.34 bits per heavy atom.